The number of halogens is 3. The standard InChI is InChI=1S/C9H7ClF2N2/c10-7-4-6(11)5-8(12)9(7)14-3-1-2-13/h4-5,14H,1,3H2. The lowest BCUT2D eigenvalue weighted by molar-refractivity contribution is 0.585. The first-order valence-corrected chi connectivity index (χ1v) is 4.28. The van der Waals surface area contributed by atoms with Crippen LogP contribution in [-0.4, -0.2) is 6.54 Å². The highest BCUT2D eigenvalue weighted by atomic mass is 35.5. The quantitative estimate of drug-likeness (QED) is 0.789. The average molecular weight is 217 g/mol. The first-order valence-electron chi connectivity index (χ1n) is 3.90. The van der Waals surface area contributed by atoms with Crippen molar-refractivity contribution in [3.8, 4) is 6.07 Å². The van der Waals surface area contributed by atoms with Gasteiger partial charge in [0.1, 0.15) is 5.82 Å². The van der Waals surface area contributed by atoms with Gasteiger partial charge < -0.3 is 5.32 Å². The molecule has 0 fully saturated rings. The fraction of sp³-hybridized carbons (Fsp3) is 0.222. The SMILES string of the molecule is N#CCCNc1c(F)cc(F)cc1Cl. The topological polar surface area (TPSA) is 35.8 Å². The van der Waals surface area contributed by atoms with E-state index in [-0.39, 0.29) is 23.7 Å². The maximum absolute atomic E-state index is 13.1. The van der Waals surface area contributed by atoms with Crippen LogP contribution in [0.15, 0.2) is 12.1 Å². The molecule has 1 N–H and O–H groups in total. The van der Waals surface area contributed by atoms with E-state index in [0.29, 0.717) is 0 Å². The van der Waals surface area contributed by atoms with Gasteiger partial charge in [-0.15, -0.1) is 0 Å². The predicted molar refractivity (Wildman–Crippen MR) is 50.1 cm³/mol. The van der Waals surface area contributed by atoms with E-state index in [4.69, 9.17) is 16.9 Å². The van der Waals surface area contributed by atoms with Gasteiger partial charge in [0.15, 0.2) is 5.82 Å². The molecular weight excluding hydrogens is 210 g/mol. The third kappa shape index (κ3) is 2.57. The summed E-state index contributed by atoms with van der Waals surface area (Å²) in [6.45, 7) is 0.277. The van der Waals surface area contributed by atoms with Gasteiger partial charge in [-0.25, -0.2) is 8.78 Å². The number of nitrogens with one attached hydrogen (secondary N) is 1. The van der Waals surface area contributed by atoms with Gasteiger partial charge >= 0.3 is 0 Å². The lowest BCUT2D eigenvalue weighted by Crippen LogP contribution is -2.03. The summed E-state index contributed by atoms with van der Waals surface area (Å²) in [6.07, 6.45) is 0.229. The molecule has 0 aliphatic heterocycles. The molecule has 1 rings (SSSR count). The largest absolute Gasteiger partial charge is 0.380 e. The number of hydrogen-bond donors (Lipinski definition) is 1. The Morgan fingerprint density at radius 1 is 1.43 bits per heavy atom. The van der Waals surface area contributed by atoms with Crippen molar-refractivity contribution in [2.45, 2.75) is 6.42 Å². The number of nitrogens with zero attached hydrogens (tertiary/aromatic N) is 1. The van der Waals surface area contributed by atoms with Crippen molar-refractivity contribution < 1.29 is 8.78 Å². The monoisotopic (exact) mass is 216 g/mol. The summed E-state index contributed by atoms with van der Waals surface area (Å²) in [5.74, 6) is -1.48. The lowest BCUT2D eigenvalue weighted by atomic mass is 10.3. The smallest absolute Gasteiger partial charge is 0.150 e. The van der Waals surface area contributed by atoms with Gasteiger partial charge in [-0.1, -0.05) is 11.6 Å². The van der Waals surface area contributed by atoms with Crippen LogP contribution in [0.4, 0.5) is 14.5 Å². The molecule has 5 heteroatoms. The normalized spacial score (nSPS) is 9.57. The second-order valence-electron chi connectivity index (χ2n) is 2.58. The highest BCUT2D eigenvalue weighted by molar-refractivity contribution is 6.33. The fourth-order valence-corrected chi connectivity index (χ4v) is 1.22. The molecule has 0 saturated carbocycles. The van der Waals surface area contributed by atoms with E-state index in [2.05, 4.69) is 5.32 Å². The average Bonchev–Trinajstić information content (AvgIpc) is 2.09. The molecule has 74 valence electrons. The number of rotatable bonds is 3. The third-order valence-electron chi connectivity index (χ3n) is 1.55. The van der Waals surface area contributed by atoms with Crippen molar-refractivity contribution in [1.29, 1.82) is 5.26 Å². The van der Waals surface area contributed by atoms with E-state index in [1.54, 1.807) is 0 Å². The van der Waals surface area contributed by atoms with Crippen molar-refractivity contribution in [3.63, 3.8) is 0 Å². The molecule has 0 unspecified atom stereocenters. The second-order valence-corrected chi connectivity index (χ2v) is 2.99. The number of anilines is 1. The molecule has 1 aromatic rings. The highest BCUT2D eigenvalue weighted by Gasteiger charge is 2.08. The summed E-state index contributed by atoms with van der Waals surface area (Å²) < 4.78 is 25.7. The van der Waals surface area contributed by atoms with Crippen LogP contribution in [-0.2, 0) is 0 Å². The molecule has 0 aliphatic carbocycles. The summed E-state index contributed by atoms with van der Waals surface area (Å²) in [6, 6.07) is 3.64. The van der Waals surface area contributed by atoms with Gasteiger partial charge in [0.25, 0.3) is 0 Å². The highest BCUT2D eigenvalue weighted by Crippen LogP contribution is 2.26. The summed E-state index contributed by atoms with van der Waals surface area (Å²) in [5.41, 5.74) is 0.0308. The molecule has 0 heterocycles. The second kappa shape index (κ2) is 4.77. The zero-order valence-corrected chi connectivity index (χ0v) is 7.91. The van der Waals surface area contributed by atoms with Crippen LogP contribution in [0.25, 0.3) is 0 Å². The third-order valence-corrected chi connectivity index (χ3v) is 1.84. The maximum Gasteiger partial charge on any atom is 0.150 e. The first kappa shape index (κ1) is 10.7. The van der Waals surface area contributed by atoms with E-state index in [0.717, 1.165) is 12.1 Å². The molecule has 0 aliphatic rings. The molecule has 0 radical (unpaired) electrons. The molecule has 0 atom stereocenters. The Kier molecular flexibility index (Phi) is 3.66. The molecule has 0 bridgehead atoms. The van der Waals surface area contributed by atoms with E-state index in [9.17, 15) is 8.78 Å². The lowest BCUT2D eigenvalue weighted by Gasteiger charge is -2.07. The molecular formula is C9H7ClF2N2. The van der Waals surface area contributed by atoms with Crippen molar-refractivity contribution in [2.75, 3.05) is 11.9 Å². The molecule has 2 nitrogen and oxygen atoms in total. The molecule has 0 spiro atoms. The van der Waals surface area contributed by atoms with E-state index >= 15 is 0 Å². The van der Waals surface area contributed by atoms with Crippen LogP contribution >= 0.6 is 11.6 Å². The Morgan fingerprint density at radius 2 is 2.14 bits per heavy atom. The number of benzene rings is 1. The zero-order chi connectivity index (χ0) is 10.6. The number of nitriles is 1. The van der Waals surface area contributed by atoms with Gasteiger partial charge in [0.2, 0.25) is 0 Å². The Balaban J connectivity index is 2.81. The van der Waals surface area contributed by atoms with Crippen LogP contribution < -0.4 is 5.32 Å². The van der Waals surface area contributed by atoms with Crippen LogP contribution in [0.3, 0.4) is 0 Å². The van der Waals surface area contributed by atoms with E-state index in [1.165, 1.54) is 0 Å². The van der Waals surface area contributed by atoms with Crippen molar-refractivity contribution in [1.82, 2.24) is 0 Å². The molecule has 0 amide bonds. The molecule has 0 saturated heterocycles. The Labute approximate surface area is 85.1 Å². The summed E-state index contributed by atoms with van der Waals surface area (Å²) >= 11 is 5.59. The van der Waals surface area contributed by atoms with Crippen LogP contribution in [0.2, 0.25) is 5.02 Å². The van der Waals surface area contributed by atoms with Gasteiger partial charge in [-0.2, -0.15) is 5.26 Å². The Morgan fingerprint density at radius 3 is 2.71 bits per heavy atom. The van der Waals surface area contributed by atoms with Crippen molar-refractivity contribution in [2.24, 2.45) is 0 Å². The van der Waals surface area contributed by atoms with Crippen molar-refractivity contribution >= 4 is 17.3 Å². The Bertz CT molecular complexity index is 351. The Hall–Kier alpha value is -1.34. The summed E-state index contributed by atoms with van der Waals surface area (Å²) in [4.78, 5) is 0. The molecule has 1 aromatic carbocycles. The minimum Gasteiger partial charge on any atom is -0.380 e. The fourth-order valence-electron chi connectivity index (χ4n) is 0.954. The van der Waals surface area contributed by atoms with Crippen LogP contribution in [0, 0.1) is 23.0 Å². The van der Waals surface area contributed by atoms with E-state index in [1.807, 2.05) is 6.07 Å². The summed E-state index contributed by atoms with van der Waals surface area (Å²) in [5, 5.41) is 10.8. The van der Waals surface area contributed by atoms with Crippen molar-refractivity contribution in [3.05, 3.63) is 28.8 Å². The first-order chi connectivity index (χ1) is 6.65. The van der Waals surface area contributed by atoms with Crippen LogP contribution in [0.5, 0.6) is 0 Å². The van der Waals surface area contributed by atoms with Gasteiger partial charge in [-0.3, -0.25) is 0 Å². The minimum absolute atomic E-state index is 0.0274. The van der Waals surface area contributed by atoms with Gasteiger partial charge in [0.05, 0.1) is 23.2 Å². The number of hydrogen-bond acceptors (Lipinski definition) is 2. The molecule has 14 heavy (non-hydrogen) atoms. The van der Waals surface area contributed by atoms with E-state index < -0.39 is 11.6 Å². The van der Waals surface area contributed by atoms with Gasteiger partial charge in [0, 0.05) is 12.6 Å². The van der Waals surface area contributed by atoms with Gasteiger partial charge in [-0.05, 0) is 6.07 Å². The zero-order valence-electron chi connectivity index (χ0n) is 7.15. The summed E-state index contributed by atoms with van der Waals surface area (Å²) in [7, 11) is 0. The minimum atomic E-state index is -0.757. The van der Waals surface area contributed by atoms with Crippen LogP contribution in [0.1, 0.15) is 6.42 Å². The molecule has 0 aromatic heterocycles. The predicted octanol–water partition coefficient (Wildman–Crippen LogP) is 2.94. The maximum atomic E-state index is 13.1.